The van der Waals surface area contributed by atoms with Crippen LogP contribution in [-0.2, 0) is 11.4 Å². The van der Waals surface area contributed by atoms with Crippen LogP contribution >= 0.6 is 0 Å². The summed E-state index contributed by atoms with van der Waals surface area (Å²) in [6.45, 7) is 2.66. The van der Waals surface area contributed by atoms with E-state index in [-0.39, 0.29) is 18.4 Å². The Hall–Kier alpha value is -2.93. The summed E-state index contributed by atoms with van der Waals surface area (Å²) in [7, 11) is 0. The van der Waals surface area contributed by atoms with E-state index in [0.29, 0.717) is 36.5 Å². The lowest BCUT2D eigenvalue weighted by Crippen LogP contribution is -2.26. The second-order valence-corrected chi connectivity index (χ2v) is 5.40. The number of aromatic nitrogens is 1. The van der Waals surface area contributed by atoms with Crippen LogP contribution in [0.2, 0.25) is 0 Å². The van der Waals surface area contributed by atoms with Gasteiger partial charge in [0.2, 0.25) is 5.91 Å². The Morgan fingerprint density at radius 1 is 1.24 bits per heavy atom. The lowest BCUT2D eigenvalue weighted by molar-refractivity contribution is -0.114. The van der Waals surface area contributed by atoms with Gasteiger partial charge >= 0.3 is 0 Å². The van der Waals surface area contributed by atoms with Gasteiger partial charge in [0.15, 0.2) is 0 Å². The van der Waals surface area contributed by atoms with Gasteiger partial charge in [-0.2, -0.15) is 0 Å². The minimum absolute atomic E-state index is 0.217. The number of hydrogen-bond donors (Lipinski definition) is 3. The standard InChI is InChI=1S/C18H22N4O3/c1-13(23)22-16-7-6-14(18(24)21-10-4-8-19)11-17(16)25-12-15-5-2-3-9-20-15/h2-3,5-7,9,11H,4,8,10,12,19H2,1H3,(H,21,24)(H,22,23). The largest absolute Gasteiger partial charge is 0.485 e. The zero-order chi connectivity index (χ0) is 18.1. The van der Waals surface area contributed by atoms with Crippen molar-refractivity contribution in [3.05, 3.63) is 53.9 Å². The van der Waals surface area contributed by atoms with E-state index in [9.17, 15) is 9.59 Å². The van der Waals surface area contributed by atoms with Gasteiger partial charge in [0.1, 0.15) is 12.4 Å². The number of carbonyl (C=O) groups excluding carboxylic acids is 2. The molecule has 1 heterocycles. The molecule has 0 radical (unpaired) electrons. The minimum atomic E-state index is -0.220. The highest BCUT2D eigenvalue weighted by atomic mass is 16.5. The molecular formula is C18H22N4O3. The Kier molecular flexibility index (Phi) is 6.91. The number of nitrogens with two attached hydrogens (primary N) is 1. The summed E-state index contributed by atoms with van der Waals surface area (Å²) in [5.41, 5.74) is 7.11. The van der Waals surface area contributed by atoms with Gasteiger partial charge in [-0.25, -0.2) is 0 Å². The number of anilines is 1. The number of nitrogens with one attached hydrogen (secondary N) is 2. The van der Waals surface area contributed by atoms with Crippen LogP contribution in [0.4, 0.5) is 5.69 Å². The quantitative estimate of drug-likeness (QED) is 0.633. The highest BCUT2D eigenvalue weighted by molar-refractivity contribution is 5.96. The molecule has 4 N–H and O–H groups in total. The third-order valence-electron chi connectivity index (χ3n) is 3.32. The van der Waals surface area contributed by atoms with Crippen LogP contribution in [0.15, 0.2) is 42.6 Å². The average Bonchev–Trinajstić information content (AvgIpc) is 2.61. The molecule has 0 fully saturated rings. The van der Waals surface area contributed by atoms with E-state index in [2.05, 4.69) is 15.6 Å². The fraction of sp³-hybridized carbons (Fsp3) is 0.278. The van der Waals surface area contributed by atoms with Crippen molar-refractivity contribution in [2.45, 2.75) is 20.0 Å². The molecule has 0 saturated heterocycles. The molecule has 7 nitrogen and oxygen atoms in total. The molecule has 25 heavy (non-hydrogen) atoms. The molecule has 1 aromatic carbocycles. The normalized spacial score (nSPS) is 10.2. The van der Waals surface area contributed by atoms with Crippen molar-refractivity contribution in [2.24, 2.45) is 5.73 Å². The number of ether oxygens (including phenoxy) is 1. The first kappa shape index (κ1) is 18.4. The van der Waals surface area contributed by atoms with Gasteiger partial charge in [-0.15, -0.1) is 0 Å². The molecule has 132 valence electrons. The van der Waals surface area contributed by atoms with E-state index in [1.165, 1.54) is 6.92 Å². The number of rotatable bonds is 8. The zero-order valence-corrected chi connectivity index (χ0v) is 14.1. The first-order valence-electron chi connectivity index (χ1n) is 8.02. The number of nitrogens with zero attached hydrogens (tertiary/aromatic N) is 1. The highest BCUT2D eigenvalue weighted by Crippen LogP contribution is 2.27. The number of pyridine rings is 1. The van der Waals surface area contributed by atoms with Crippen molar-refractivity contribution in [3.8, 4) is 5.75 Å². The molecule has 0 bridgehead atoms. The number of benzene rings is 1. The van der Waals surface area contributed by atoms with Crippen molar-refractivity contribution in [1.29, 1.82) is 0 Å². The third kappa shape index (κ3) is 5.89. The molecule has 0 spiro atoms. The van der Waals surface area contributed by atoms with Gasteiger partial charge < -0.3 is 21.1 Å². The Balaban J connectivity index is 2.15. The van der Waals surface area contributed by atoms with Gasteiger partial charge in [-0.1, -0.05) is 6.07 Å². The molecule has 0 aliphatic rings. The van der Waals surface area contributed by atoms with Crippen molar-refractivity contribution >= 4 is 17.5 Å². The molecule has 2 aromatic rings. The average molecular weight is 342 g/mol. The molecule has 1 aromatic heterocycles. The Bertz CT molecular complexity index is 720. The van der Waals surface area contributed by atoms with Gasteiger partial charge in [0.25, 0.3) is 5.91 Å². The fourth-order valence-corrected chi connectivity index (χ4v) is 2.12. The lowest BCUT2D eigenvalue weighted by atomic mass is 10.1. The second kappa shape index (κ2) is 9.39. The maximum absolute atomic E-state index is 12.2. The first-order valence-corrected chi connectivity index (χ1v) is 8.02. The number of amides is 2. The van der Waals surface area contributed by atoms with Crippen LogP contribution in [-0.4, -0.2) is 29.9 Å². The maximum atomic E-state index is 12.2. The summed E-state index contributed by atoms with van der Waals surface area (Å²) in [5.74, 6) is -0.0272. The van der Waals surface area contributed by atoms with Crippen LogP contribution in [0, 0.1) is 0 Å². The van der Waals surface area contributed by atoms with Gasteiger partial charge in [-0.05, 0) is 43.3 Å². The Morgan fingerprint density at radius 3 is 2.76 bits per heavy atom. The van der Waals surface area contributed by atoms with Crippen LogP contribution in [0.1, 0.15) is 29.4 Å². The lowest BCUT2D eigenvalue weighted by Gasteiger charge is -2.13. The molecule has 2 rings (SSSR count). The van der Waals surface area contributed by atoms with E-state index < -0.39 is 0 Å². The molecule has 0 aliphatic carbocycles. The molecule has 0 aliphatic heterocycles. The van der Waals surface area contributed by atoms with E-state index >= 15 is 0 Å². The molecule has 0 atom stereocenters. The first-order chi connectivity index (χ1) is 12.1. The highest BCUT2D eigenvalue weighted by Gasteiger charge is 2.12. The van der Waals surface area contributed by atoms with Gasteiger partial charge in [-0.3, -0.25) is 14.6 Å². The van der Waals surface area contributed by atoms with Crippen molar-refractivity contribution < 1.29 is 14.3 Å². The summed E-state index contributed by atoms with van der Waals surface area (Å²) in [4.78, 5) is 27.7. The number of carbonyl (C=O) groups is 2. The Labute approximate surface area is 146 Å². The van der Waals surface area contributed by atoms with E-state index in [1.54, 1.807) is 24.4 Å². The fourth-order valence-electron chi connectivity index (χ4n) is 2.12. The summed E-state index contributed by atoms with van der Waals surface area (Å²) in [6, 6.07) is 10.4. The van der Waals surface area contributed by atoms with Crippen LogP contribution < -0.4 is 21.1 Å². The maximum Gasteiger partial charge on any atom is 0.251 e. The second-order valence-electron chi connectivity index (χ2n) is 5.40. The van der Waals surface area contributed by atoms with Crippen LogP contribution in [0.5, 0.6) is 5.75 Å². The van der Waals surface area contributed by atoms with Crippen LogP contribution in [0.25, 0.3) is 0 Å². The van der Waals surface area contributed by atoms with Crippen molar-refractivity contribution in [3.63, 3.8) is 0 Å². The van der Waals surface area contributed by atoms with E-state index in [1.807, 2.05) is 18.2 Å². The summed E-state index contributed by atoms with van der Waals surface area (Å²) >= 11 is 0. The smallest absolute Gasteiger partial charge is 0.251 e. The zero-order valence-electron chi connectivity index (χ0n) is 14.1. The summed E-state index contributed by atoms with van der Waals surface area (Å²) in [6.07, 6.45) is 2.38. The third-order valence-corrected chi connectivity index (χ3v) is 3.32. The predicted octanol–water partition coefficient (Wildman–Crippen LogP) is 1.70. The van der Waals surface area contributed by atoms with Crippen LogP contribution in [0.3, 0.4) is 0 Å². The predicted molar refractivity (Wildman–Crippen MR) is 95.3 cm³/mol. The Morgan fingerprint density at radius 2 is 2.08 bits per heavy atom. The van der Waals surface area contributed by atoms with E-state index in [4.69, 9.17) is 10.5 Å². The minimum Gasteiger partial charge on any atom is -0.485 e. The topological polar surface area (TPSA) is 106 Å². The summed E-state index contributed by atoms with van der Waals surface area (Å²) in [5, 5.41) is 5.48. The van der Waals surface area contributed by atoms with Crippen molar-refractivity contribution in [2.75, 3.05) is 18.4 Å². The molecule has 0 unspecified atom stereocenters. The monoisotopic (exact) mass is 342 g/mol. The van der Waals surface area contributed by atoms with Gasteiger partial charge in [0.05, 0.1) is 11.4 Å². The molecule has 7 heteroatoms. The SMILES string of the molecule is CC(=O)Nc1ccc(C(=O)NCCCN)cc1OCc1ccccn1. The summed E-state index contributed by atoms with van der Waals surface area (Å²) < 4.78 is 5.76. The number of hydrogen-bond acceptors (Lipinski definition) is 5. The van der Waals surface area contributed by atoms with E-state index in [0.717, 1.165) is 5.69 Å². The van der Waals surface area contributed by atoms with Gasteiger partial charge in [0, 0.05) is 25.2 Å². The molecule has 2 amide bonds. The van der Waals surface area contributed by atoms with Crippen molar-refractivity contribution in [1.82, 2.24) is 10.3 Å². The molecule has 0 saturated carbocycles. The molecular weight excluding hydrogens is 320 g/mol.